The van der Waals surface area contributed by atoms with Crippen molar-refractivity contribution in [3.8, 4) is 5.75 Å². The summed E-state index contributed by atoms with van der Waals surface area (Å²) in [6.45, 7) is 1.97. The first-order chi connectivity index (χ1) is 8.16. The van der Waals surface area contributed by atoms with Gasteiger partial charge in [-0.3, -0.25) is 0 Å². The van der Waals surface area contributed by atoms with Gasteiger partial charge in [0, 0.05) is 11.1 Å². The van der Waals surface area contributed by atoms with Crippen LogP contribution in [0.1, 0.15) is 16.7 Å². The van der Waals surface area contributed by atoms with Crippen LogP contribution in [0.25, 0.3) is 11.8 Å². The van der Waals surface area contributed by atoms with Crippen molar-refractivity contribution in [2.45, 2.75) is 6.92 Å². The fourth-order valence-corrected chi connectivity index (χ4v) is 1.64. The van der Waals surface area contributed by atoms with E-state index in [9.17, 15) is 10.2 Å². The second kappa shape index (κ2) is 4.74. The van der Waals surface area contributed by atoms with Crippen molar-refractivity contribution < 1.29 is 10.2 Å². The Hall–Kier alpha value is -2.22. The van der Waals surface area contributed by atoms with Gasteiger partial charge in [-0.2, -0.15) is 0 Å². The molecule has 0 amide bonds. The molecule has 0 heterocycles. The van der Waals surface area contributed by atoms with E-state index in [1.807, 2.05) is 37.3 Å². The van der Waals surface area contributed by atoms with E-state index in [0.29, 0.717) is 5.56 Å². The van der Waals surface area contributed by atoms with Crippen LogP contribution in [-0.2, 0) is 0 Å². The third kappa shape index (κ3) is 2.67. The molecule has 0 fully saturated rings. The van der Waals surface area contributed by atoms with E-state index in [1.54, 1.807) is 24.3 Å². The SMILES string of the molecule is Cc1cccc(C(O)=Cc2ccccc2O)c1. The Morgan fingerprint density at radius 3 is 2.53 bits per heavy atom. The average Bonchev–Trinajstić information content (AvgIpc) is 2.32. The second-order valence-corrected chi connectivity index (χ2v) is 3.96. The van der Waals surface area contributed by atoms with Crippen LogP contribution in [0.4, 0.5) is 0 Å². The van der Waals surface area contributed by atoms with Crippen molar-refractivity contribution in [2.75, 3.05) is 0 Å². The van der Waals surface area contributed by atoms with E-state index in [1.165, 1.54) is 0 Å². The van der Waals surface area contributed by atoms with E-state index < -0.39 is 0 Å². The van der Waals surface area contributed by atoms with Crippen LogP contribution in [0, 0.1) is 6.92 Å². The van der Waals surface area contributed by atoms with Crippen LogP contribution in [0.3, 0.4) is 0 Å². The minimum Gasteiger partial charge on any atom is -0.507 e. The number of hydrogen-bond donors (Lipinski definition) is 2. The zero-order valence-corrected chi connectivity index (χ0v) is 9.59. The molecule has 2 aromatic rings. The van der Waals surface area contributed by atoms with Gasteiger partial charge in [-0.15, -0.1) is 0 Å². The van der Waals surface area contributed by atoms with Crippen molar-refractivity contribution in [3.63, 3.8) is 0 Å². The molecule has 0 aromatic heterocycles. The molecule has 17 heavy (non-hydrogen) atoms. The number of rotatable bonds is 2. The van der Waals surface area contributed by atoms with Crippen molar-refractivity contribution in [1.82, 2.24) is 0 Å². The lowest BCUT2D eigenvalue weighted by atomic mass is 10.1. The summed E-state index contributed by atoms with van der Waals surface area (Å²) in [5, 5.41) is 19.6. The molecule has 2 aromatic carbocycles. The highest BCUT2D eigenvalue weighted by Crippen LogP contribution is 2.22. The Morgan fingerprint density at radius 2 is 1.82 bits per heavy atom. The molecular formula is C15H14O2. The molecule has 0 aliphatic rings. The van der Waals surface area contributed by atoms with Crippen LogP contribution in [0.15, 0.2) is 48.5 Å². The first kappa shape index (κ1) is 11.3. The second-order valence-electron chi connectivity index (χ2n) is 3.96. The van der Waals surface area contributed by atoms with Gasteiger partial charge in [-0.25, -0.2) is 0 Å². The molecule has 2 nitrogen and oxygen atoms in total. The third-order valence-corrected chi connectivity index (χ3v) is 2.54. The normalized spacial score (nSPS) is 11.5. The molecule has 0 saturated heterocycles. The summed E-state index contributed by atoms with van der Waals surface area (Å²) in [5.74, 6) is 0.307. The van der Waals surface area contributed by atoms with Crippen molar-refractivity contribution >= 4 is 11.8 Å². The minimum absolute atomic E-state index is 0.148. The van der Waals surface area contributed by atoms with E-state index in [-0.39, 0.29) is 11.5 Å². The number of aromatic hydroxyl groups is 1. The van der Waals surface area contributed by atoms with Crippen molar-refractivity contribution in [2.24, 2.45) is 0 Å². The van der Waals surface area contributed by atoms with Gasteiger partial charge in [0.05, 0.1) is 0 Å². The molecular weight excluding hydrogens is 212 g/mol. The van der Waals surface area contributed by atoms with E-state index in [0.717, 1.165) is 11.1 Å². The number of hydrogen-bond acceptors (Lipinski definition) is 2. The van der Waals surface area contributed by atoms with Gasteiger partial charge in [0.1, 0.15) is 11.5 Å². The molecule has 0 bridgehead atoms. The first-order valence-corrected chi connectivity index (χ1v) is 5.42. The molecule has 0 radical (unpaired) electrons. The topological polar surface area (TPSA) is 40.5 Å². The monoisotopic (exact) mass is 226 g/mol. The maximum Gasteiger partial charge on any atom is 0.123 e. The van der Waals surface area contributed by atoms with Gasteiger partial charge < -0.3 is 10.2 Å². The predicted octanol–water partition coefficient (Wildman–Crippen LogP) is 3.76. The fraction of sp³-hybridized carbons (Fsp3) is 0.0667. The first-order valence-electron chi connectivity index (χ1n) is 5.42. The summed E-state index contributed by atoms with van der Waals surface area (Å²) in [5.41, 5.74) is 2.43. The third-order valence-electron chi connectivity index (χ3n) is 2.54. The molecule has 0 unspecified atom stereocenters. The predicted molar refractivity (Wildman–Crippen MR) is 69.8 cm³/mol. The number of aryl methyl sites for hydroxylation is 1. The zero-order chi connectivity index (χ0) is 12.3. The molecule has 0 spiro atoms. The Bertz CT molecular complexity index is 556. The Morgan fingerprint density at radius 1 is 1.06 bits per heavy atom. The maximum atomic E-state index is 9.97. The number of aliphatic hydroxyl groups is 1. The Balaban J connectivity index is 2.38. The lowest BCUT2D eigenvalue weighted by Crippen LogP contribution is -1.84. The smallest absolute Gasteiger partial charge is 0.123 e. The molecule has 2 N–H and O–H groups in total. The van der Waals surface area contributed by atoms with E-state index in [2.05, 4.69) is 0 Å². The van der Waals surface area contributed by atoms with E-state index in [4.69, 9.17) is 0 Å². The highest BCUT2D eigenvalue weighted by molar-refractivity contribution is 5.78. The number of aliphatic hydroxyl groups excluding tert-OH is 1. The summed E-state index contributed by atoms with van der Waals surface area (Å²) < 4.78 is 0. The number of phenolic OH excluding ortho intramolecular Hbond substituents is 1. The number of para-hydroxylation sites is 1. The fourth-order valence-electron chi connectivity index (χ4n) is 1.64. The van der Waals surface area contributed by atoms with Crippen LogP contribution in [-0.4, -0.2) is 10.2 Å². The van der Waals surface area contributed by atoms with Gasteiger partial charge in [0.15, 0.2) is 0 Å². The highest BCUT2D eigenvalue weighted by Gasteiger charge is 2.01. The van der Waals surface area contributed by atoms with Gasteiger partial charge in [0.2, 0.25) is 0 Å². The van der Waals surface area contributed by atoms with Crippen LogP contribution >= 0.6 is 0 Å². The summed E-state index contributed by atoms with van der Waals surface area (Å²) in [6.07, 6.45) is 1.56. The molecule has 86 valence electrons. The van der Waals surface area contributed by atoms with Crippen LogP contribution < -0.4 is 0 Å². The quantitative estimate of drug-likeness (QED) is 0.604. The molecule has 2 rings (SSSR count). The molecule has 0 atom stereocenters. The lowest BCUT2D eigenvalue weighted by Gasteiger charge is -2.03. The lowest BCUT2D eigenvalue weighted by molar-refractivity contribution is 0.473. The Kier molecular flexibility index (Phi) is 3.15. The molecule has 2 heteroatoms. The Labute approximate surface area is 100 Å². The molecule has 0 aliphatic heterocycles. The molecule has 0 aliphatic carbocycles. The maximum absolute atomic E-state index is 9.97. The summed E-state index contributed by atoms with van der Waals surface area (Å²) in [4.78, 5) is 0. The van der Waals surface area contributed by atoms with Crippen LogP contribution in [0.2, 0.25) is 0 Å². The summed E-state index contributed by atoms with van der Waals surface area (Å²) >= 11 is 0. The highest BCUT2D eigenvalue weighted by atomic mass is 16.3. The van der Waals surface area contributed by atoms with Gasteiger partial charge in [0.25, 0.3) is 0 Å². The number of benzene rings is 2. The average molecular weight is 226 g/mol. The van der Waals surface area contributed by atoms with Crippen molar-refractivity contribution in [1.29, 1.82) is 0 Å². The van der Waals surface area contributed by atoms with E-state index >= 15 is 0 Å². The van der Waals surface area contributed by atoms with Gasteiger partial charge in [-0.05, 0) is 25.1 Å². The standard InChI is InChI=1S/C15H14O2/c1-11-5-4-7-12(9-11)15(17)10-13-6-2-3-8-14(13)16/h2-10,16-17H,1H3. The van der Waals surface area contributed by atoms with Crippen LogP contribution in [0.5, 0.6) is 5.75 Å². The summed E-state index contributed by atoms with van der Waals surface area (Å²) in [6, 6.07) is 14.5. The van der Waals surface area contributed by atoms with Crippen molar-refractivity contribution in [3.05, 3.63) is 65.2 Å². The van der Waals surface area contributed by atoms with Gasteiger partial charge >= 0.3 is 0 Å². The largest absolute Gasteiger partial charge is 0.507 e. The zero-order valence-electron chi connectivity index (χ0n) is 9.59. The number of phenols is 1. The molecule has 0 saturated carbocycles. The van der Waals surface area contributed by atoms with Gasteiger partial charge in [-0.1, -0.05) is 42.0 Å². The summed E-state index contributed by atoms with van der Waals surface area (Å²) in [7, 11) is 0. The minimum atomic E-state index is 0.148.